The number of hydrogen-bond donors (Lipinski definition) is 3. The molecule has 2 heterocycles. The molecular formula is C13H21N3O3S. The Balaban J connectivity index is 1.85. The Labute approximate surface area is 122 Å². The Hall–Kier alpha value is -1.18. The number of anilines is 1. The zero-order chi connectivity index (χ0) is 14.8. The zero-order valence-electron chi connectivity index (χ0n) is 11.6. The number of likely N-dealkylation sites (tertiary alicyclic amines) is 1. The fraction of sp³-hybridized carbons (Fsp3) is 0.692. The van der Waals surface area contributed by atoms with E-state index in [2.05, 4.69) is 4.98 Å². The van der Waals surface area contributed by atoms with Gasteiger partial charge in [-0.1, -0.05) is 6.92 Å². The molecule has 1 aromatic heterocycles. The maximum Gasteiger partial charge on any atom is 0.223 e. The predicted octanol–water partition coefficient (Wildman–Crippen LogP) is 0.392. The van der Waals surface area contributed by atoms with Crippen LogP contribution in [0.25, 0.3) is 0 Å². The maximum absolute atomic E-state index is 12.1. The standard InChI is InChI=1S/C13H21N3O3S/c1-2-13(19)5-6-16(7-10(13)17)11(18)4-3-9-8-20-12(14)15-9/h8,10,17,19H,2-7H2,1H3,(H2,14,15)/t10-,13-/m1/s1. The number of aryl methyl sites for hydroxylation is 1. The highest BCUT2D eigenvalue weighted by molar-refractivity contribution is 7.13. The van der Waals surface area contributed by atoms with Gasteiger partial charge in [0.15, 0.2) is 5.13 Å². The topological polar surface area (TPSA) is 99.7 Å². The van der Waals surface area contributed by atoms with Crippen LogP contribution in [0.2, 0.25) is 0 Å². The number of rotatable bonds is 4. The van der Waals surface area contributed by atoms with E-state index in [1.807, 2.05) is 12.3 Å². The molecule has 2 rings (SSSR count). The summed E-state index contributed by atoms with van der Waals surface area (Å²) in [5.41, 5.74) is 5.31. The minimum absolute atomic E-state index is 0.0197. The van der Waals surface area contributed by atoms with Gasteiger partial charge in [-0.05, 0) is 19.3 Å². The lowest BCUT2D eigenvalue weighted by Crippen LogP contribution is -2.56. The van der Waals surface area contributed by atoms with Gasteiger partial charge in [-0.2, -0.15) is 0 Å². The van der Waals surface area contributed by atoms with Gasteiger partial charge in [0.2, 0.25) is 5.91 Å². The molecule has 0 unspecified atom stereocenters. The van der Waals surface area contributed by atoms with Crippen LogP contribution in [0.1, 0.15) is 31.9 Å². The van der Waals surface area contributed by atoms with Crippen molar-refractivity contribution in [1.82, 2.24) is 9.88 Å². The number of thiazole rings is 1. The van der Waals surface area contributed by atoms with Crippen LogP contribution >= 0.6 is 11.3 Å². The summed E-state index contributed by atoms with van der Waals surface area (Å²) in [5, 5.41) is 22.5. The van der Waals surface area contributed by atoms with Crippen LogP contribution in [0.5, 0.6) is 0 Å². The number of amides is 1. The average molecular weight is 299 g/mol. The number of nitrogen functional groups attached to an aromatic ring is 1. The molecule has 1 aromatic rings. The first kappa shape index (κ1) is 15.2. The molecule has 1 saturated heterocycles. The minimum atomic E-state index is -1.06. The first-order chi connectivity index (χ1) is 9.44. The van der Waals surface area contributed by atoms with Gasteiger partial charge < -0.3 is 20.8 Å². The number of aromatic nitrogens is 1. The summed E-state index contributed by atoms with van der Waals surface area (Å²) < 4.78 is 0. The fourth-order valence-corrected chi connectivity index (χ4v) is 3.03. The van der Waals surface area contributed by atoms with Gasteiger partial charge in [0.1, 0.15) is 6.10 Å². The van der Waals surface area contributed by atoms with Gasteiger partial charge in [0.25, 0.3) is 0 Å². The van der Waals surface area contributed by atoms with Gasteiger partial charge in [0.05, 0.1) is 11.3 Å². The Morgan fingerprint density at radius 2 is 2.45 bits per heavy atom. The number of nitrogens with two attached hydrogens (primary N) is 1. The average Bonchev–Trinajstić information content (AvgIpc) is 2.85. The van der Waals surface area contributed by atoms with Crippen LogP contribution in [-0.4, -0.2) is 50.8 Å². The first-order valence-corrected chi connectivity index (χ1v) is 7.70. The molecule has 2 atom stereocenters. The Bertz CT molecular complexity index is 479. The molecule has 6 nitrogen and oxygen atoms in total. The second kappa shape index (κ2) is 6.07. The predicted molar refractivity (Wildman–Crippen MR) is 77.3 cm³/mol. The summed E-state index contributed by atoms with van der Waals surface area (Å²) in [4.78, 5) is 17.8. The van der Waals surface area contributed by atoms with Crippen molar-refractivity contribution in [2.24, 2.45) is 0 Å². The second-order valence-electron chi connectivity index (χ2n) is 5.24. The molecule has 1 amide bonds. The van der Waals surface area contributed by atoms with Gasteiger partial charge in [-0.25, -0.2) is 4.98 Å². The molecule has 20 heavy (non-hydrogen) atoms. The molecule has 0 aliphatic carbocycles. The number of carbonyl (C=O) groups is 1. The van der Waals surface area contributed by atoms with Crippen molar-refractivity contribution in [1.29, 1.82) is 0 Å². The van der Waals surface area contributed by atoms with E-state index in [4.69, 9.17) is 5.73 Å². The Morgan fingerprint density at radius 3 is 3.00 bits per heavy atom. The number of aliphatic hydroxyl groups excluding tert-OH is 1. The van der Waals surface area contributed by atoms with Crippen molar-refractivity contribution in [2.75, 3.05) is 18.8 Å². The number of carbonyl (C=O) groups excluding carboxylic acids is 1. The Morgan fingerprint density at radius 1 is 1.70 bits per heavy atom. The fourth-order valence-electron chi connectivity index (χ4n) is 2.43. The van der Waals surface area contributed by atoms with Gasteiger partial charge in [-0.15, -0.1) is 11.3 Å². The third kappa shape index (κ3) is 3.28. The van der Waals surface area contributed by atoms with Crippen LogP contribution in [0.15, 0.2) is 5.38 Å². The summed E-state index contributed by atoms with van der Waals surface area (Å²) in [5.74, 6) is -0.0197. The molecule has 0 spiro atoms. The molecule has 112 valence electrons. The first-order valence-electron chi connectivity index (χ1n) is 6.82. The van der Waals surface area contributed by atoms with Gasteiger partial charge >= 0.3 is 0 Å². The monoisotopic (exact) mass is 299 g/mol. The normalized spacial score (nSPS) is 26.8. The van der Waals surface area contributed by atoms with E-state index >= 15 is 0 Å². The van der Waals surface area contributed by atoms with E-state index < -0.39 is 11.7 Å². The van der Waals surface area contributed by atoms with E-state index in [1.165, 1.54) is 11.3 Å². The highest BCUT2D eigenvalue weighted by atomic mass is 32.1. The quantitative estimate of drug-likeness (QED) is 0.747. The molecule has 0 saturated carbocycles. The van der Waals surface area contributed by atoms with Crippen molar-refractivity contribution in [3.63, 3.8) is 0 Å². The summed E-state index contributed by atoms with van der Waals surface area (Å²) in [7, 11) is 0. The minimum Gasteiger partial charge on any atom is -0.388 e. The van der Waals surface area contributed by atoms with E-state index in [1.54, 1.807) is 4.90 Å². The van der Waals surface area contributed by atoms with Crippen LogP contribution < -0.4 is 5.73 Å². The largest absolute Gasteiger partial charge is 0.388 e. The third-order valence-electron chi connectivity index (χ3n) is 3.96. The molecule has 0 radical (unpaired) electrons. The SMILES string of the molecule is CC[C@@]1(O)CCN(C(=O)CCc2csc(N)n2)C[C@H]1O. The maximum atomic E-state index is 12.1. The van der Waals surface area contributed by atoms with Crippen LogP contribution in [0.4, 0.5) is 5.13 Å². The highest BCUT2D eigenvalue weighted by Gasteiger charge is 2.40. The van der Waals surface area contributed by atoms with Crippen molar-refractivity contribution < 1.29 is 15.0 Å². The van der Waals surface area contributed by atoms with E-state index in [0.717, 1.165) is 5.69 Å². The van der Waals surface area contributed by atoms with Crippen molar-refractivity contribution in [3.05, 3.63) is 11.1 Å². The molecule has 1 aliphatic heterocycles. The van der Waals surface area contributed by atoms with Gasteiger partial charge in [-0.3, -0.25) is 4.79 Å². The smallest absolute Gasteiger partial charge is 0.223 e. The lowest BCUT2D eigenvalue weighted by molar-refractivity contribution is -0.149. The third-order valence-corrected chi connectivity index (χ3v) is 4.68. The number of piperidine rings is 1. The lowest BCUT2D eigenvalue weighted by atomic mass is 9.86. The van der Waals surface area contributed by atoms with Crippen molar-refractivity contribution >= 4 is 22.4 Å². The van der Waals surface area contributed by atoms with Crippen molar-refractivity contribution in [3.8, 4) is 0 Å². The van der Waals surface area contributed by atoms with Crippen LogP contribution in [-0.2, 0) is 11.2 Å². The molecule has 0 bridgehead atoms. The Kier molecular flexibility index (Phi) is 4.62. The van der Waals surface area contributed by atoms with Gasteiger partial charge in [0, 0.05) is 24.9 Å². The molecule has 4 N–H and O–H groups in total. The lowest BCUT2D eigenvalue weighted by Gasteiger charge is -2.41. The number of hydrogen-bond acceptors (Lipinski definition) is 6. The molecule has 7 heteroatoms. The summed E-state index contributed by atoms with van der Waals surface area (Å²) >= 11 is 1.36. The van der Waals surface area contributed by atoms with E-state index in [0.29, 0.717) is 37.4 Å². The molecular weight excluding hydrogens is 278 g/mol. The van der Waals surface area contributed by atoms with Crippen molar-refractivity contribution in [2.45, 2.75) is 44.3 Å². The second-order valence-corrected chi connectivity index (χ2v) is 6.13. The molecule has 1 aliphatic rings. The summed E-state index contributed by atoms with van der Waals surface area (Å²) in [6, 6.07) is 0. The van der Waals surface area contributed by atoms with Crippen LogP contribution in [0, 0.1) is 0 Å². The summed E-state index contributed by atoms with van der Waals surface area (Å²) in [6.45, 7) is 2.52. The van der Waals surface area contributed by atoms with E-state index in [-0.39, 0.29) is 12.5 Å². The summed E-state index contributed by atoms with van der Waals surface area (Å²) in [6.07, 6.45) is 0.937. The van der Waals surface area contributed by atoms with E-state index in [9.17, 15) is 15.0 Å². The number of aliphatic hydroxyl groups is 2. The zero-order valence-corrected chi connectivity index (χ0v) is 12.4. The molecule has 0 aromatic carbocycles. The molecule has 1 fully saturated rings. The number of nitrogens with zero attached hydrogens (tertiary/aromatic N) is 2. The highest BCUT2D eigenvalue weighted by Crippen LogP contribution is 2.26. The van der Waals surface area contributed by atoms with Crippen LogP contribution in [0.3, 0.4) is 0 Å². The number of β-amino-alcohol motifs (C(OH)–C–C–N with tert-alkyl or cyclic N) is 1.